The van der Waals surface area contributed by atoms with Crippen LogP contribution in [0.25, 0.3) is 0 Å². The lowest BCUT2D eigenvalue weighted by atomic mass is 9.99. The van der Waals surface area contributed by atoms with Crippen LogP contribution < -0.4 is 5.32 Å². The Balaban J connectivity index is 1.54. The molecule has 2 heterocycles. The summed E-state index contributed by atoms with van der Waals surface area (Å²) in [6, 6.07) is 10.6. The minimum atomic E-state index is -0.220. The number of pyridine rings is 1. The van der Waals surface area contributed by atoms with E-state index in [-0.39, 0.29) is 11.7 Å². The number of likely N-dealkylation sites (tertiary alicyclic amines) is 1. The molecule has 0 aliphatic carbocycles. The van der Waals surface area contributed by atoms with Gasteiger partial charge in [-0.25, -0.2) is 9.37 Å². The van der Waals surface area contributed by atoms with Crippen molar-refractivity contribution in [1.29, 1.82) is 0 Å². The van der Waals surface area contributed by atoms with Gasteiger partial charge in [0.15, 0.2) is 0 Å². The highest BCUT2D eigenvalue weighted by atomic mass is 19.1. The summed E-state index contributed by atoms with van der Waals surface area (Å²) < 4.78 is 12.9. The molecule has 1 aliphatic rings. The zero-order valence-corrected chi connectivity index (χ0v) is 15.2. The number of hydrogen-bond donors (Lipinski definition) is 1. The fourth-order valence-corrected chi connectivity index (χ4v) is 3.47. The largest absolute Gasteiger partial charge is 0.370 e. The molecule has 0 spiro atoms. The van der Waals surface area contributed by atoms with Crippen molar-refractivity contribution in [3.63, 3.8) is 0 Å². The number of carbonyl (C=O) groups excluding carboxylic acids is 1. The predicted molar refractivity (Wildman–Crippen MR) is 102 cm³/mol. The first-order chi connectivity index (χ1) is 12.7. The van der Waals surface area contributed by atoms with E-state index in [1.807, 2.05) is 17.0 Å². The van der Waals surface area contributed by atoms with Crippen molar-refractivity contribution in [2.75, 3.05) is 18.4 Å². The topological polar surface area (TPSA) is 45.2 Å². The van der Waals surface area contributed by atoms with E-state index in [9.17, 15) is 9.18 Å². The Morgan fingerprint density at radius 3 is 2.73 bits per heavy atom. The van der Waals surface area contributed by atoms with Crippen molar-refractivity contribution in [1.82, 2.24) is 9.88 Å². The van der Waals surface area contributed by atoms with E-state index in [0.717, 1.165) is 43.6 Å². The summed E-state index contributed by atoms with van der Waals surface area (Å²) >= 11 is 0. The van der Waals surface area contributed by atoms with Crippen molar-refractivity contribution in [3.05, 3.63) is 59.5 Å². The van der Waals surface area contributed by atoms with Crippen LogP contribution in [-0.2, 0) is 6.42 Å². The lowest BCUT2D eigenvalue weighted by molar-refractivity contribution is 0.0607. The molecule has 3 rings (SSSR count). The third kappa shape index (κ3) is 4.59. The fraction of sp³-hybridized carbons (Fsp3) is 0.429. The Morgan fingerprint density at radius 2 is 2.04 bits per heavy atom. The van der Waals surface area contributed by atoms with E-state index in [0.29, 0.717) is 18.2 Å². The molecule has 0 radical (unpaired) electrons. The smallest absolute Gasteiger partial charge is 0.255 e. The minimum absolute atomic E-state index is 0.0851. The average molecular weight is 355 g/mol. The minimum Gasteiger partial charge on any atom is -0.370 e. The summed E-state index contributed by atoms with van der Waals surface area (Å²) in [5.41, 5.74) is 1.72. The maximum Gasteiger partial charge on any atom is 0.255 e. The second kappa shape index (κ2) is 8.79. The molecule has 2 aromatic rings. The number of nitrogens with one attached hydrogen (secondary N) is 1. The zero-order chi connectivity index (χ0) is 18.4. The molecule has 1 fully saturated rings. The van der Waals surface area contributed by atoms with E-state index < -0.39 is 0 Å². The zero-order valence-electron chi connectivity index (χ0n) is 15.2. The van der Waals surface area contributed by atoms with Crippen LogP contribution in [0.2, 0.25) is 0 Å². The van der Waals surface area contributed by atoms with Crippen molar-refractivity contribution in [3.8, 4) is 0 Å². The van der Waals surface area contributed by atoms with E-state index in [2.05, 4.69) is 17.2 Å². The van der Waals surface area contributed by atoms with Gasteiger partial charge in [-0.1, -0.05) is 19.1 Å². The molecule has 4 nitrogen and oxygen atoms in total. The first kappa shape index (κ1) is 18.4. The molecule has 0 saturated carbocycles. The second-order valence-electron chi connectivity index (χ2n) is 6.79. The number of aromatic nitrogens is 1. The molecular formula is C21H26FN3O. The molecule has 0 bridgehead atoms. The average Bonchev–Trinajstić information content (AvgIpc) is 2.69. The summed E-state index contributed by atoms with van der Waals surface area (Å²) in [7, 11) is 0. The molecule has 1 unspecified atom stereocenters. The van der Waals surface area contributed by atoms with Gasteiger partial charge in [-0.3, -0.25) is 4.79 Å². The van der Waals surface area contributed by atoms with Crippen molar-refractivity contribution >= 4 is 11.7 Å². The lowest BCUT2D eigenvalue weighted by Crippen LogP contribution is -2.43. The van der Waals surface area contributed by atoms with Gasteiger partial charge in [-0.2, -0.15) is 0 Å². The van der Waals surface area contributed by atoms with Gasteiger partial charge in [-0.05, 0) is 61.9 Å². The predicted octanol–water partition coefficient (Wildman–Crippen LogP) is 4.28. The number of halogens is 1. The standard InChI is InChI=1S/C21H26FN3O/c1-2-19-5-3-4-14-25(19)21(26)17-8-11-20(24-15-17)23-13-12-16-6-9-18(22)10-7-16/h6-11,15,19H,2-5,12-14H2,1H3,(H,23,24). The summed E-state index contributed by atoms with van der Waals surface area (Å²) in [5, 5.41) is 3.24. The summed E-state index contributed by atoms with van der Waals surface area (Å²) in [4.78, 5) is 19.1. The van der Waals surface area contributed by atoms with Crippen LogP contribution in [-0.4, -0.2) is 34.9 Å². The Labute approximate surface area is 154 Å². The number of anilines is 1. The number of rotatable bonds is 6. The Morgan fingerprint density at radius 1 is 1.23 bits per heavy atom. The van der Waals surface area contributed by atoms with Crippen LogP contribution in [0.15, 0.2) is 42.6 Å². The number of amides is 1. The Hall–Kier alpha value is -2.43. The molecule has 1 aromatic carbocycles. The third-order valence-electron chi connectivity index (χ3n) is 5.00. The van der Waals surface area contributed by atoms with Gasteiger partial charge >= 0.3 is 0 Å². The van der Waals surface area contributed by atoms with Crippen molar-refractivity contribution < 1.29 is 9.18 Å². The number of hydrogen-bond acceptors (Lipinski definition) is 3. The summed E-state index contributed by atoms with van der Waals surface area (Å²) in [6.45, 7) is 3.69. The number of nitrogens with zero attached hydrogens (tertiary/aromatic N) is 2. The van der Waals surface area contributed by atoms with Crippen LogP contribution in [0.5, 0.6) is 0 Å². The fourth-order valence-electron chi connectivity index (χ4n) is 3.47. The van der Waals surface area contributed by atoms with Gasteiger partial charge in [0.05, 0.1) is 5.56 Å². The molecule has 26 heavy (non-hydrogen) atoms. The van der Waals surface area contributed by atoms with Gasteiger partial charge in [0, 0.05) is 25.3 Å². The molecule has 5 heteroatoms. The normalized spacial score (nSPS) is 17.2. The quantitative estimate of drug-likeness (QED) is 0.841. The first-order valence-electron chi connectivity index (χ1n) is 9.42. The van der Waals surface area contributed by atoms with Crippen LogP contribution in [0.4, 0.5) is 10.2 Å². The molecule has 1 amide bonds. The lowest BCUT2D eigenvalue weighted by Gasteiger charge is -2.35. The third-order valence-corrected chi connectivity index (χ3v) is 5.00. The number of benzene rings is 1. The highest BCUT2D eigenvalue weighted by Gasteiger charge is 2.26. The summed E-state index contributed by atoms with van der Waals surface area (Å²) in [6.07, 6.45) is 6.83. The van der Waals surface area contributed by atoms with Gasteiger partial charge in [0.1, 0.15) is 11.6 Å². The Bertz CT molecular complexity index is 715. The maximum atomic E-state index is 12.9. The summed E-state index contributed by atoms with van der Waals surface area (Å²) in [5.74, 6) is 0.610. The highest BCUT2D eigenvalue weighted by molar-refractivity contribution is 5.94. The van der Waals surface area contributed by atoms with Gasteiger partial charge in [0.2, 0.25) is 0 Å². The monoisotopic (exact) mass is 355 g/mol. The van der Waals surface area contributed by atoms with Crippen molar-refractivity contribution in [2.45, 2.75) is 45.1 Å². The van der Waals surface area contributed by atoms with E-state index >= 15 is 0 Å². The number of carbonyl (C=O) groups is 1. The van der Waals surface area contributed by atoms with Gasteiger partial charge in [0.25, 0.3) is 5.91 Å². The molecule has 1 aliphatic heterocycles. The van der Waals surface area contributed by atoms with Crippen LogP contribution in [0.1, 0.15) is 48.5 Å². The van der Waals surface area contributed by atoms with E-state index in [4.69, 9.17) is 0 Å². The molecule has 1 N–H and O–H groups in total. The van der Waals surface area contributed by atoms with Gasteiger partial charge < -0.3 is 10.2 Å². The van der Waals surface area contributed by atoms with Crippen LogP contribution in [0.3, 0.4) is 0 Å². The molecule has 138 valence electrons. The van der Waals surface area contributed by atoms with Gasteiger partial charge in [-0.15, -0.1) is 0 Å². The Kier molecular flexibility index (Phi) is 6.21. The first-order valence-corrected chi connectivity index (χ1v) is 9.42. The molecular weight excluding hydrogens is 329 g/mol. The molecule has 1 aromatic heterocycles. The number of piperidine rings is 1. The second-order valence-corrected chi connectivity index (χ2v) is 6.79. The highest BCUT2D eigenvalue weighted by Crippen LogP contribution is 2.22. The van der Waals surface area contributed by atoms with E-state index in [1.54, 1.807) is 18.3 Å². The maximum absolute atomic E-state index is 12.9. The molecule has 1 atom stereocenters. The van der Waals surface area contributed by atoms with Crippen molar-refractivity contribution in [2.24, 2.45) is 0 Å². The van der Waals surface area contributed by atoms with Crippen LogP contribution in [0, 0.1) is 5.82 Å². The molecule has 1 saturated heterocycles. The SMILES string of the molecule is CCC1CCCCN1C(=O)c1ccc(NCCc2ccc(F)cc2)nc1. The van der Waals surface area contributed by atoms with Crippen LogP contribution >= 0.6 is 0 Å². The van der Waals surface area contributed by atoms with E-state index in [1.165, 1.54) is 18.6 Å².